The first-order valence-corrected chi connectivity index (χ1v) is 10.1. The molecule has 0 spiro atoms. The van der Waals surface area contributed by atoms with Crippen molar-refractivity contribution in [3.05, 3.63) is 58.9 Å². The van der Waals surface area contributed by atoms with E-state index >= 15 is 0 Å². The molecule has 30 heavy (non-hydrogen) atoms. The van der Waals surface area contributed by atoms with Crippen LogP contribution in [0, 0.1) is 19.7 Å². The predicted octanol–water partition coefficient (Wildman–Crippen LogP) is 4.44. The highest BCUT2D eigenvalue weighted by Crippen LogP contribution is 2.28. The van der Waals surface area contributed by atoms with E-state index < -0.39 is 17.7 Å². The fraction of sp³-hybridized carbons (Fsp3) is 0.458. The maximum absolute atomic E-state index is 13.3. The van der Waals surface area contributed by atoms with Crippen molar-refractivity contribution in [2.75, 3.05) is 13.1 Å². The number of aliphatic hydroxyl groups is 1. The predicted molar refractivity (Wildman–Crippen MR) is 115 cm³/mol. The number of nitrogens with zero attached hydrogens (tertiary/aromatic N) is 1. The highest BCUT2D eigenvalue weighted by Gasteiger charge is 2.21. The summed E-state index contributed by atoms with van der Waals surface area (Å²) >= 11 is 0. The van der Waals surface area contributed by atoms with E-state index in [-0.39, 0.29) is 25.3 Å². The molecule has 0 radical (unpaired) electrons. The lowest BCUT2D eigenvalue weighted by atomic mass is 9.92. The number of hydrogen-bond acceptors (Lipinski definition) is 5. The van der Waals surface area contributed by atoms with Gasteiger partial charge in [-0.2, -0.15) is 5.06 Å². The molecule has 2 rings (SSSR count). The molecular weight excluding hydrogens is 385 g/mol. The minimum atomic E-state index is -1.03. The topological polar surface area (TPSA) is 70.0 Å². The number of aliphatic hydroxyl groups excluding tert-OH is 1. The lowest BCUT2D eigenvalue weighted by molar-refractivity contribution is -0.160. The highest BCUT2D eigenvalue weighted by atomic mass is 19.1. The molecule has 1 atom stereocenters. The maximum Gasteiger partial charge on any atom is 0.308 e. The van der Waals surface area contributed by atoms with Crippen LogP contribution in [0.2, 0.25) is 0 Å². The summed E-state index contributed by atoms with van der Waals surface area (Å²) in [4.78, 5) is 11.8. The van der Waals surface area contributed by atoms with Gasteiger partial charge in [-0.1, -0.05) is 29.8 Å². The number of rotatable bonds is 8. The molecule has 0 saturated carbocycles. The fourth-order valence-corrected chi connectivity index (χ4v) is 3.43. The zero-order valence-electron chi connectivity index (χ0n) is 18.4. The van der Waals surface area contributed by atoms with Crippen molar-refractivity contribution >= 4 is 5.97 Å². The second-order valence-electron chi connectivity index (χ2n) is 8.72. The van der Waals surface area contributed by atoms with E-state index in [4.69, 9.17) is 4.74 Å². The molecule has 0 bridgehead atoms. The van der Waals surface area contributed by atoms with Crippen molar-refractivity contribution in [2.24, 2.45) is 0 Å². The molecule has 0 fully saturated rings. The summed E-state index contributed by atoms with van der Waals surface area (Å²) in [6.07, 6.45) is -0.673. The van der Waals surface area contributed by atoms with Gasteiger partial charge in [0.1, 0.15) is 11.4 Å². The van der Waals surface area contributed by atoms with Gasteiger partial charge in [-0.15, -0.1) is 0 Å². The number of aryl methyl sites for hydroxylation is 2. The summed E-state index contributed by atoms with van der Waals surface area (Å²) in [6, 6.07) is 10.5. The Morgan fingerprint density at radius 3 is 2.40 bits per heavy atom. The van der Waals surface area contributed by atoms with E-state index in [1.54, 1.807) is 32.9 Å². The van der Waals surface area contributed by atoms with Crippen LogP contribution in [0.4, 0.5) is 4.39 Å². The first-order valence-electron chi connectivity index (χ1n) is 10.1. The van der Waals surface area contributed by atoms with Crippen LogP contribution in [0.1, 0.15) is 43.9 Å². The Morgan fingerprint density at radius 2 is 1.80 bits per heavy atom. The lowest BCUT2D eigenvalue weighted by Gasteiger charge is -2.23. The van der Waals surface area contributed by atoms with Crippen LogP contribution >= 0.6 is 0 Å². The van der Waals surface area contributed by atoms with Crippen molar-refractivity contribution in [3.8, 4) is 11.1 Å². The molecule has 0 aliphatic rings. The van der Waals surface area contributed by atoms with Crippen molar-refractivity contribution in [1.82, 2.24) is 5.06 Å². The Labute approximate surface area is 178 Å². The van der Waals surface area contributed by atoms with Gasteiger partial charge in [-0.05, 0) is 75.4 Å². The van der Waals surface area contributed by atoms with Gasteiger partial charge in [-0.25, -0.2) is 4.39 Å². The molecule has 0 aromatic heterocycles. The Morgan fingerprint density at radius 1 is 1.17 bits per heavy atom. The van der Waals surface area contributed by atoms with Crippen LogP contribution in [-0.2, 0) is 16.0 Å². The van der Waals surface area contributed by atoms with E-state index in [1.807, 2.05) is 13.8 Å². The normalized spacial score (nSPS) is 12.8. The molecule has 0 aliphatic heterocycles. The number of benzene rings is 2. The van der Waals surface area contributed by atoms with Crippen LogP contribution < -0.4 is 0 Å². The van der Waals surface area contributed by atoms with E-state index in [1.165, 1.54) is 12.1 Å². The minimum Gasteiger partial charge on any atom is -0.460 e. The fourth-order valence-electron chi connectivity index (χ4n) is 3.43. The summed E-state index contributed by atoms with van der Waals surface area (Å²) < 4.78 is 18.5. The van der Waals surface area contributed by atoms with Crippen molar-refractivity contribution in [1.29, 1.82) is 0 Å². The molecule has 0 amide bonds. The van der Waals surface area contributed by atoms with E-state index in [0.717, 1.165) is 32.9 Å². The molecule has 164 valence electrons. The van der Waals surface area contributed by atoms with Gasteiger partial charge in [0.2, 0.25) is 0 Å². The van der Waals surface area contributed by atoms with Crippen LogP contribution in [0.5, 0.6) is 0 Å². The third-order valence-electron chi connectivity index (χ3n) is 4.64. The Hall–Kier alpha value is -2.28. The second-order valence-corrected chi connectivity index (χ2v) is 8.72. The van der Waals surface area contributed by atoms with Crippen molar-refractivity contribution in [2.45, 2.75) is 59.2 Å². The quantitative estimate of drug-likeness (QED) is 0.491. The number of esters is 1. The molecule has 6 heteroatoms. The summed E-state index contributed by atoms with van der Waals surface area (Å²) in [5.41, 5.74) is 4.52. The third kappa shape index (κ3) is 7.52. The van der Waals surface area contributed by atoms with Crippen molar-refractivity contribution < 1.29 is 24.2 Å². The van der Waals surface area contributed by atoms with Crippen molar-refractivity contribution in [3.63, 3.8) is 0 Å². The molecule has 2 aromatic carbocycles. The minimum absolute atomic E-state index is 0.0595. The first kappa shape index (κ1) is 24.0. The third-order valence-corrected chi connectivity index (χ3v) is 4.64. The van der Waals surface area contributed by atoms with E-state index in [0.29, 0.717) is 6.42 Å². The highest BCUT2D eigenvalue weighted by molar-refractivity contribution is 5.70. The smallest absolute Gasteiger partial charge is 0.308 e. The van der Waals surface area contributed by atoms with Crippen LogP contribution in [0.3, 0.4) is 0 Å². The number of hydrogen-bond donors (Lipinski definition) is 2. The van der Waals surface area contributed by atoms with Gasteiger partial charge < -0.3 is 15.1 Å². The molecule has 1 unspecified atom stereocenters. The second kappa shape index (κ2) is 10.2. The SMILES string of the molecule is Cc1cc(C)c(CCN(O)CC(O)CC(=O)OC(C)(C)C)c(-c2ccc(F)cc2)c1. The Balaban J connectivity index is 2.03. The van der Waals surface area contributed by atoms with Gasteiger partial charge in [0.25, 0.3) is 0 Å². The standard InChI is InChI=1S/C24H32FNO4/c1-16-12-17(2)21(22(13-16)18-6-8-19(25)9-7-18)10-11-26(29)15-20(27)14-23(28)30-24(3,4)5/h6-9,12-13,20,27,29H,10-11,14-15H2,1-5H3. The zero-order valence-corrected chi connectivity index (χ0v) is 18.4. The zero-order chi connectivity index (χ0) is 22.5. The number of carbonyl (C=O) groups excluding carboxylic acids is 1. The van der Waals surface area contributed by atoms with Gasteiger partial charge >= 0.3 is 5.97 Å². The maximum atomic E-state index is 13.3. The molecule has 0 aliphatic carbocycles. The molecule has 0 heterocycles. The molecular formula is C24H32FNO4. The largest absolute Gasteiger partial charge is 0.460 e. The Kier molecular flexibility index (Phi) is 8.12. The Bertz CT molecular complexity index is 859. The average Bonchev–Trinajstić information content (AvgIpc) is 2.59. The average molecular weight is 418 g/mol. The lowest BCUT2D eigenvalue weighted by Crippen LogP contribution is -2.34. The van der Waals surface area contributed by atoms with Gasteiger partial charge in [0, 0.05) is 6.54 Å². The van der Waals surface area contributed by atoms with Gasteiger partial charge in [0.05, 0.1) is 19.1 Å². The van der Waals surface area contributed by atoms with Gasteiger partial charge in [-0.3, -0.25) is 4.79 Å². The summed E-state index contributed by atoms with van der Waals surface area (Å²) in [5, 5.41) is 21.4. The number of hydroxylamine groups is 2. The van der Waals surface area contributed by atoms with E-state index in [9.17, 15) is 19.5 Å². The number of halogens is 1. The summed E-state index contributed by atoms with van der Waals surface area (Å²) in [7, 11) is 0. The molecule has 5 nitrogen and oxygen atoms in total. The number of ether oxygens (including phenoxy) is 1. The van der Waals surface area contributed by atoms with E-state index in [2.05, 4.69) is 12.1 Å². The molecule has 0 saturated heterocycles. The van der Waals surface area contributed by atoms with Gasteiger partial charge in [0.15, 0.2) is 0 Å². The molecule has 2 N–H and O–H groups in total. The monoisotopic (exact) mass is 417 g/mol. The van der Waals surface area contributed by atoms with Crippen LogP contribution in [0.15, 0.2) is 36.4 Å². The van der Waals surface area contributed by atoms with Crippen LogP contribution in [0.25, 0.3) is 11.1 Å². The first-order chi connectivity index (χ1) is 13.9. The number of carbonyl (C=O) groups is 1. The summed E-state index contributed by atoms with van der Waals surface area (Å²) in [6.45, 7) is 9.53. The van der Waals surface area contributed by atoms with Crippen LogP contribution in [-0.4, -0.2) is 46.1 Å². The molecule has 2 aromatic rings. The summed E-state index contributed by atoms with van der Waals surface area (Å²) in [5.74, 6) is -0.790.